The highest BCUT2D eigenvalue weighted by atomic mass is 32.1. The summed E-state index contributed by atoms with van der Waals surface area (Å²) in [6, 6.07) is 3.91. The number of furan rings is 1. The van der Waals surface area contributed by atoms with Crippen LogP contribution in [0.2, 0.25) is 0 Å². The topological polar surface area (TPSA) is 62.5 Å². The lowest BCUT2D eigenvalue weighted by atomic mass is 10.2. The molecule has 0 aliphatic carbocycles. The Hall–Kier alpha value is -1.82. The van der Waals surface area contributed by atoms with Gasteiger partial charge in [-0.3, -0.25) is 4.99 Å². The highest BCUT2D eigenvalue weighted by Gasteiger charge is 2.05. The van der Waals surface area contributed by atoms with Crippen LogP contribution in [0.15, 0.2) is 27.8 Å². The third-order valence-electron chi connectivity index (χ3n) is 3.56. The molecule has 24 heavy (non-hydrogen) atoms. The molecule has 0 spiro atoms. The van der Waals surface area contributed by atoms with E-state index < -0.39 is 0 Å². The van der Waals surface area contributed by atoms with Crippen molar-refractivity contribution in [3.63, 3.8) is 0 Å². The van der Waals surface area contributed by atoms with Crippen molar-refractivity contribution in [2.45, 2.75) is 40.5 Å². The zero-order valence-corrected chi connectivity index (χ0v) is 15.9. The second-order valence-corrected chi connectivity index (χ2v) is 7.55. The van der Waals surface area contributed by atoms with Crippen LogP contribution in [0, 0.1) is 19.8 Å². The number of thiazole rings is 1. The monoisotopic (exact) mass is 348 g/mol. The maximum atomic E-state index is 5.36. The predicted molar refractivity (Wildman–Crippen MR) is 101 cm³/mol. The van der Waals surface area contributed by atoms with Gasteiger partial charge in [-0.15, -0.1) is 11.3 Å². The fourth-order valence-electron chi connectivity index (χ4n) is 2.14. The first-order valence-electron chi connectivity index (χ1n) is 8.52. The smallest absolute Gasteiger partial charge is 0.191 e. The number of nitrogens with one attached hydrogen (secondary N) is 2. The van der Waals surface area contributed by atoms with Gasteiger partial charge in [0.05, 0.1) is 17.0 Å². The number of aromatic nitrogens is 1. The first-order valence-corrected chi connectivity index (χ1v) is 9.33. The van der Waals surface area contributed by atoms with Crippen molar-refractivity contribution in [3.8, 4) is 0 Å². The summed E-state index contributed by atoms with van der Waals surface area (Å²) >= 11 is 1.78. The Kier molecular flexibility index (Phi) is 7.31. The summed E-state index contributed by atoms with van der Waals surface area (Å²) in [6.07, 6.45) is 3.47. The van der Waals surface area contributed by atoms with E-state index in [-0.39, 0.29) is 0 Å². The summed E-state index contributed by atoms with van der Waals surface area (Å²) < 4.78 is 5.36. The van der Waals surface area contributed by atoms with E-state index in [1.54, 1.807) is 17.6 Å². The number of nitrogens with zero attached hydrogens (tertiary/aromatic N) is 2. The molecule has 2 aromatic rings. The molecule has 0 saturated carbocycles. The molecule has 2 rings (SSSR count). The molecule has 132 valence electrons. The molecule has 5 nitrogen and oxygen atoms in total. The molecule has 0 aromatic carbocycles. The van der Waals surface area contributed by atoms with Gasteiger partial charge < -0.3 is 15.1 Å². The number of hydrogen-bond donors (Lipinski definition) is 2. The third kappa shape index (κ3) is 6.35. The van der Waals surface area contributed by atoms with Crippen LogP contribution < -0.4 is 10.6 Å². The lowest BCUT2D eigenvalue weighted by molar-refractivity contribution is 0.506. The van der Waals surface area contributed by atoms with Crippen LogP contribution in [-0.4, -0.2) is 30.6 Å². The molecule has 0 amide bonds. The Balaban J connectivity index is 1.79. The van der Waals surface area contributed by atoms with Crippen LogP contribution in [0.1, 0.15) is 35.2 Å². The van der Waals surface area contributed by atoms with Crippen molar-refractivity contribution in [2.24, 2.45) is 10.9 Å². The molecule has 0 fully saturated rings. The molecule has 2 N–H and O–H groups in total. The lowest BCUT2D eigenvalue weighted by Gasteiger charge is -2.12. The van der Waals surface area contributed by atoms with Gasteiger partial charge in [0.2, 0.25) is 0 Å². The van der Waals surface area contributed by atoms with Crippen molar-refractivity contribution in [3.05, 3.63) is 39.7 Å². The minimum atomic E-state index is 0.540. The maximum absolute atomic E-state index is 5.36. The summed E-state index contributed by atoms with van der Waals surface area (Å²) in [5.74, 6) is 2.39. The number of aliphatic imine (C=N–C) groups is 1. The van der Waals surface area contributed by atoms with Crippen molar-refractivity contribution in [1.82, 2.24) is 15.6 Å². The molecule has 2 aromatic heterocycles. The molecular formula is C18H28N4OS. The molecule has 0 radical (unpaired) electrons. The number of guanidine groups is 1. The van der Waals surface area contributed by atoms with Crippen LogP contribution in [0.5, 0.6) is 0 Å². The standard InChI is InChI=1S/C18H28N4OS/c1-13(2)12-21-18(19-9-7-16-6-5-11-23-16)20-10-8-17-22-14(3)15(4)24-17/h5-6,11,13H,7-10,12H2,1-4H3,(H2,19,20,21). The normalized spacial score (nSPS) is 12.0. The van der Waals surface area contributed by atoms with Gasteiger partial charge >= 0.3 is 0 Å². The Bertz CT molecular complexity index is 612. The summed E-state index contributed by atoms with van der Waals surface area (Å²) in [5, 5.41) is 7.96. The van der Waals surface area contributed by atoms with Crippen molar-refractivity contribution >= 4 is 17.3 Å². The Morgan fingerprint density at radius 2 is 2.00 bits per heavy atom. The van der Waals surface area contributed by atoms with E-state index in [0.717, 1.165) is 49.9 Å². The van der Waals surface area contributed by atoms with E-state index in [1.807, 2.05) is 12.1 Å². The first kappa shape index (κ1) is 18.5. The summed E-state index contributed by atoms with van der Waals surface area (Å²) in [5.41, 5.74) is 1.14. The van der Waals surface area contributed by atoms with Crippen LogP contribution in [0.3, 0.4) is 0 Å². The van der Waals surface area contributed by atoms with Gasteiger partial charge in [-0.1, -0.05) is 13.8 Å². The van der Waals surface area contributed by atoms with Gasteiger partial charge in [0, 0.05) is 37.4 Å². The zero-order valence-electron chi connectivity index (χ0n) is 15.1. The molecule has 6 heteroatoms. The van der Waals surface area contributed by atoms with Gasteiger partial charge in [0.1, 0.15) is 5.76 Å². The second kappa shape index (κ2) is 9.47. The van der Waals surface area contributed by atoms with Crippen molar-refractivity contribution in [2.75, 3.05) is 19.6 Å². The Morgan fingerprint density at radius 3 is 2.58 bits per heavy atom. The molecule has 0 unspecified atom stereocenters. The minimum Gasteiger partial charge on any atom is -0.469 e. The maximum Gasteiger partial charge on any atom is 0.191 e. The summed E-state index contributed by atoms with van der Waals surface area (Å²) in [4.78, 5) is 10.5. The minimum absolute atomic E-state index is 0.540. The van der Waals surface area contributed by atoms with E-state index in [2.05, 4.69) is 48.3 Å². The molecule has 0 aliphatic heterocycles. The fourth-order valence-corrected chi connectivity index (χ4v) is 3.07. The molecule has 2 heterocycles. The predicted octanol–water partition coefficient (Wildman–Crippen LogP) is 3.33. The van der Waals surface area contributed by atoms with Gasteiger partial charge in [-0.05, 0) is 31.9 Å². The summed E-state index contributed by atoms with van der Waals surface area (Å²) in [7, 11) is 0. The van der Waals surface area contributed by atoms with E-state index in [4.69, 9.17) is 4.42 Å². The molecular weight excluding hydrogens is 320 g/mol. The zero-order chi connectivity index (χ0) is 17.4. The van der Waals surface area contributed by atoms with E-state index in [1.165, 1.54) is 9.88 Å². The molecule has 0 aliphatic rings. The van der Waals surface area contributed by atoms with Gasteiger partial charge in [0.25, 0.3) is 0 Å². The van der Waals surface area contributed by atoms with E-state index >= 15 is 0 Å². The van der Waals surface area contributed by atoms with Crippen LogP contribution >= 0.6 is 11.3 Å². The SMILES string of the molecule is Cc1nc(CCNC(=NCC(C)C)NCCc2ccco2)sc1C. The van der Waals surface area contributed by atoms with Crippen molar-refractivity contribution in [1.29, 1.82) is 0 Å². The molecule has 0 saturated heterocycles. The van der Waals surface area contributed by atoms with Crippen LogP contribution in [0.25, 0.3) is 0 Å². The number of aryl methyl sites for hydroxylation is 2. The summed E-state index contributed by atoms with van der Waals surface area (Å²) in [6.45, 7) is 11.0. The Labute approximate surface area is 148 Å². The lowest BCUT2D eigenvalue weighted by Crippen LogP contribution is -2.39. The van der Waals surface area contributed by atoms with E-state index in [9.17, 15) is 0 Å². The Morgan fingerprint density at radius 1 is 1.25 bits per heavy atom. The van der Waals surface area contributed by atoms with Gasteiger partial charge in [0.15, 0.2) is 5.96 Å². The van der Waals surface area contributed by atoms with Crippen LogP contribution in [-0.2, 0) is 12.8 Å². The highest BCUT2D eigenvalue weighted by Crippen LogP contribution is 2.16. The number of rotatable bonds is 8. The first-order chi connectivity index (χ1) is 11.5. The molecule has 0 bridgehead atoms. The van der Waals surface area contributed by atoms with Crippen molar-refractivity contribution < 1.29 is 4.42 Å². The van der Waals surface area contributed by atoms with Crippen LogP contribution in [0.4, 0.5) is 0 Å². The average molecular weight is 349 g/mol. The third-order valence-corrected chi connectivity index (χ3v) is 4.70. The number of hydrogen-bond acceptors (Lipinski definition) is 4. The van der Waals surface area contributed by atoms with E-state index in [0.29, 0.717) is 5.92 Å². The largest absolute Gasteiger partial charge is 0.469 e. The fraction of sp³-hybridized carbons (Fsp3) is 0.556. The molecule has 0 atom stereocenters. The van der Waals surface area contributed by atoms with Gasteiger partial charge in [-0.2, -0.15) is 0 Å². The quantitative estimate of drug-likeness (QED) is 0.567. The highest BCUT2D eigenvalue weighted by molar-refractivity contribution is 7.11. The van der Waals surface area contributed by atoms with Gasteiger partial charge in [-0.25, -0.2) is 4.98 Å². The average Bonchev–Trinajstić information content (AvgIpc) is 3.15. The second-order valence-electron chi connectivity index (χ2n) is 6.27.